The summed E-state index contributed by atoms with van der Waals surface area (Å²) in [4.78, 5) is 31.3. The Morgan fingerprint density at radius 1 is 1.05 bits per heavy atom. The van der Waals surface area contributed by atoms with Gasteiger partial charge in [-0.1, -0.05) is 12.8 Å². The minimum absolute atomic E-state index is 0.0283. The highest BCUT2D eigenvalue weighted by atomic mass is 32.2. The number of aromatic nitrogens is 3. The van der Waals surface area contributed by atoms with Crippen molar-refractivity contribution in [1.29, 1.82) is 0 Å². The predicted molar refractivity (Wildman–Crippen MR) is 80.2 cm³/mol. The number of hydrogen-bond donors (Lipinski definition) is 2. The Morgan fingerprint density at radius 3 is 2.41 bits per heavy atom. The fraction of sp³-hybridized carbons (Fsp3) is 0.462. The molecular weight excluding hydrogens is 308 g/mol. The second-order valence-electron chi connectivity index (χ2n) is 5.29. The third-order valence-electron chi connectivity index (χ3n) is 3.77. The van der Waals surface area contributed by atoms with Crippen LogP contribution in [0.1, 0.15) is 25.7 Å². The topological polar surface area (TPSA) is 116 Å². The number of nitrogens with one attached hydrogen (secondary N) is 2. The summed E-state index contributed by atoms with van der Waals surface area (Å²) in [6.45, 7) is 0.949. The Balaban J connectivity index is 2.09. The van der Waals surface area contributed by atoms with Gasteiger partial charge in [0.1, 0.15) is 10.5 Å². The van der Waals surface area contributed by atoms with Crippen molar-refractivity contribution >= 4 is 21.1 Å². The quantitative estimate of drug-likeness (QED) is 0.817. The fourth-order valence-corrected chi connectivity index (χ4v) is 4.09. The van der Waals surface area contributed by atoms with E-state index in [-0.39, 0.29) is 15.9 Å². The molecule has 2 aromatic heterocycles. The van der Waals surface area contributed by atoms with Gasteiger partial charge in [-0.05, 0) is 18.9 Å². The van der Waals surface area contributed by atoms with Gasteiger partial charge in [-0.25, -0.2) is 18.2 Å². The molecule has 2 N–H and O–H groups in total. The van der Waals surface area contributed by atoms with Gasteiger partial charge in [-0.3, -0.25) is 14.8 Å². The van der Waals surface area contributed by atoms with E-state index in [4.69, 9.17) is 0 Å². The maximum atomic E-state index is 12.7. The van der Waals surface area contributed by atoms with Crippen molar-refractivity contribution in [1.82, 2.24) is 19.3 Å². The van der Waals surface area contributed by atoms with Crippen LogP contribution in [-0.2, 0) is 10.0 Å². The van der Waals surface area contributed by atoms with Crippen molar-refractivity contribution in [3.05, 3.63) is 33.1 Å². The van der Waals surface area contributed by atoms with Crippen molar-refractivity contribution < 1.29 is 8.42 Å². The second-order valence-corrected chi connectivity index (χ2v) is 7.23. The second kappa shape index (κ2) is 5.65. The average Bonchev–Trinajstić information content (AvgIpc) is 2.76. The molecule has 3 rings (SSSR count). The lowest BCUT2D eigenvalue weighted by atomic mass is 10.2. The van der Waals surface area contributed by atoms with Crippen LogP contribution in [0.15, 0.2) is 26.7 Å². The first-order valence-electron chi connectivity index (χ1n) is 7.11. The van der Waals surface area contributed by atoms with E-state index in [0.717, 1.165) is 25.7 Å². The van der Waals surface area contributed by atoms with Gasteiger partial charge in [0.2, 0.25) is 10.0 Å². The van der Waals surface area contributed by atoms with E-state index in [9.17, 15) is 18.0 Å². The van der Waals surface area contributed by atoms with Crippen molar-refractivity contribution in [2.75, 3.05) is 13.1 Å². The van der Waals surface area contributed by atoms with Crippen LogP contribution in [0.2, 0.25) is 0 Å². The summed E-state index contributed by atoms with van der Waals surface area (Å²) < 4.78 is 26.8. The monoisotopic (exact) mass is 324 g/mol. The maximum absolute atomic E-state index is 12.7. The Bertz CT molecular complexity index is 908. The molecule has 0 saturated carbocycles. The lowest BCUT2D eigenvalue weighted by molar-refractivity contribution is 0.423. The number of hydrogen-bond acceptors (Lipinski definition) is 5. The van der Waals surface area contributed by atoms with Gasteiger partial charge in [0.15, 0.2) is 0 Å². The van der Waals surface area contributed by atoms with E-state index in [0.29, 0.717) is 13.1 Å². The molecule has 0 amide bonds. The molecule has 1 aliphatic heterocycles. The first-order chi connectivity index (χ1) is 10.5. The van der Waals surface area contributed by atoms with Gasteiger partial charge >= 0.3 is 5.69 Å². The molecule has 1 aliphatic rings. The zero-order chi connectivity index (χ0) is 15.7. The summed E-state index contributed by atoms with van der Waals surface area (Å²) in [6.07, 6.45) is 4.87. The standard InChI is InChI=1S/C13H16N4O4S/c18-12-10-7-9(8-14-11(10)15-13(19)16-12)22(20,21)17-5-3-1-2-4-6-17/h7-8H,1-6H2,(H2,14,15,16,18,19). The van der Waals surface area contributed by atoms with Gasteiger partial charge in [0.05, 0.1) is 5.39 Å². The Morgan fingerprint density at radius 2 is 1.73 bits per heavy atom. The minimum Gasteiger partial charge on any atom is -0.291 e. The lowest BCUT2D eigenvalue weighted by Gasteiger charge is -2.19. The molecule has 0 spiro atoms. The number of fused-ring (bicyclic) bond motifs is 1. The van der Waals surface area contributed by atoms with Gasteiger partial charge in [0, 0.05) is 19.3 Å². The molecule has 0 aromatic carbocycles. The van der Waals surface area contributed by atoms with Gasteiger partial charge < -0.3 is 0 Å². The molecule has 0 bridgehead atoms. The molecule has 0 unspecified atom stereocenters. The third kappa shape index (κ3) is 2.69. The van der Waals surface area contributed by atoms with Crippen LogP contribution in [0, 0.1) is 0 Å². The van der Waals surface area contributed by atoms with Crippen LogP contribution in [0.4, 0.5) is 0 Å². The summed E-state index contributed by atoms with van der Waals surface area (Å²) in [5.74, 6) is 0. The van der Waals surface area contributed by atoms with E-state index in [1.54, 1.807) is 0 Å². The van der Waals surface area contributed by atoms with E-state index < -0.39 is 21.3 Å². The summed E-state index contributed by atoms with van der Waals surface area (Å²) in [5, 5.41) is 0.0514. The van der Waals surface area contributed by atoms with Crippen LogP contribution in [0.25, 0.3) is 11.0 Å². The van der Waals surface area contributed by atoms with Gasteiger partial charge in [-0.2, -0.15) is 4.31 Å². The lowest BCUT2D eigenvalue weighted by Crippen LogP contribution is -2.32. The molecule has 0 atom stereocenters. The molecule has 9 heteroatoms. The normalized spacial score (nSPS) is 17.5. The smallest absolute Gasteiger partial charge is 0.291 e. The van der Waals surface area contributed by atoms with Crippen LogP contribution >= 0.6 is 0 Å². The van der Waals surface area contributed by atoms with Crippen LogP contribution in [0.3, 0.4) is 0 Å². The first kappa shape index (κ1) is 14.9. The number of rotatable bonds is 2. The van der Waals surface area contributed by atoms with Crippen LogP contribution < -0.4 is 11.2 Å². The van der Waals surface area contributed by atoms with E-state index in [1.807, 2.05) is 0 Å². The highest BCUT2D eigenvalue weighted by Crippen LogP contribution is 2.20. The molecule has 118 valence electrons. The molecule has 22 heavy (non-hydrogen) atoms. The van der Waals surface area contributed by atoms with Crippen LogP contribution in [0.5, 0.6) is 0 Å². The van der Waals surface area contributed by atoms with Gasteiger partial charge in [0.25, 0.3) is 5.56 Å². The fourth-order valence-electron chi connectivity index (χ4n) is 2.60. The van der Waals surface area contributed by atoms with E-state index >= 15 is 0 Å². The van der Waals surface area contributed by atoms with Crippen LogP contribution in [-0.4, -0.2) is 40.8 Å². The molecule has 2 aromatic rings. The Hall–Kier alpha value is -2.00. The predicted octanol–water partition coefficient (Wildman–Crippen LogP) is 0.176. The van der Waals surface area contributed by atoms with Gasteiger partial charge in [-0.15, -0.1) is 0 Å². The average molecular weight is 324 g/mol. The third-order valence-corrected chi connectivity index (χ3v) is 5.63. The van der Waals surface area contributed by atoms with Crippen molar-refractivity contribution in [2.24, 2.45) is 0 Å². The van der Waals surface area contributed by atoms with Crippen molar-refractivity contribution in [3.63, 3.8) is 0 Å². The highest BCUT2D eigenvalue weighted by Gasteiger charge is 2.26. The summed E-state index contributed by atoms with van der Waals surface area (Å²) >= 11 is 0. The maximum Gasteiger partial charge on any atom is 0.327 e. The molecule has 8 nitrogen and oxygen atoms in total. The highest BCUT2D eigenvalue weighted by molar-refractivity contribution is 7.89. The molecular formula is C13H16N4O4S. The molecule has 3 heterocycles. The zero-order valence-electron chi connectivity index (χ0n) is 11.8. The van der Waals surface area contributed by atoms with E-state index in [1.165, 1.54) is 16.6 Å². The number of sulfonamides is 1. The molecule has 1 fully saturated rings. The molecule has 0 radical (unpaired) electrons. The van der Waals surface area contributed by atoms with Crippen molar-refractivity contribution in [3.8, 4) is 0 Å². The first-order valence-corrected chi connectivity index (χ1v) is 8.55. The zero-order valence-corrected chi connectivity index (χ0v) is 12.6. The molecule has 1 saturated heterocycles. The summed E-state index contributed by atoms with van der Waals surface area (Å²) in [7, 11) is -3.68. The van der Waals surface area contributed by atoms with Crippen molar-refractivity contribution in [2.45, 2.75) is 30.6 Å². The van der Waals surface area contributed by atoms with E-state index in [2.05, 4.69) is 15.0 Å². The minimum atomic E-state index is -3.68. The Kier molecular flexibility index (Phi) is 3.83. The summed E-state index contributed by atoms with van der Waals surface area (Å²) in [6, 6.07) is 1.26. The number of pyridine rings is 1. The number of H-pyrrole nitrogens is 2. The largest absolute Gasteiger partial charge is 0.327 e. The molecule has 0 aliphatic carbocycles. The summed E-state index contributed by atoms with van der Waals surface area (Å²) in [5.41, 5.74) is -1.25. The number of aromatic amines is 2. The SMILES string of the molecule is O=c1[nH]c(=O)c2cc(S(=O)(=O)N3CCCCCC3)cnc2[nH]1. The number of nitrogens with zero attached hydrogens (tertiary/aromatic N) is 2. The Labute approximate surface area is 126 Å².